The summed E-state index contributed by atoms with van der Waals surface area (Å²) >= 11 is 0. The Kier molecular flexibility index (Phi) is 6.65. The standard InChI is InChI=1S/C18H30N6O3/c1-13(2)16-21-15(27-22-16)6-7-20-18(19-3)24-10-8-23(9-11-24)17(25)14-5-4-12-26-14/h13-14H,4-12H2,1-3H3,(H,19,20). The van der Waals surface area contributed by atoms with E-state index in [4.69, 9.17) is 9.26 Å². The van der Waals surface area contributed by atoms with Gasteiger partial charge in [0, 0.05) is 58.7 Å². The van der Waals surface area contributed by atoms with Gasteiger partial charge in [0.1, 0.15) is 6.10 Å². The number of carbonyl (C=O) groups excluding carboxylic acids is 1. The van der Waals surface area contributed by atoms with E-state index in [1.54, 1.807) is 7.05 Å². The summed E-state index contributed by atoms with van der Waals surface area (Å²) in [5.74, 6) is 2.60. The van der Waals surface area contributed by atoms with Crippen LogP contribution in [0.4, 0.5) is 0 Å². The summed E-state index contributed by atoms with van der Waals surface area (Å²) < 4.78 is 10.8. The van der Waals surface area contributed by atoms with E-state index in [2.05, 4.69) is 25.3 Å². The molecule has 9 heteroatoms. The lowest BCUT2D eigenvalue weighted by Gasteiger charge is -2.37. The first-order chi connectivity index (χ1) is 13.1. The number of aliphatic imine (C=N–C) groups is 1. The molecule has 2 saturated heterocycles. The van der Waals surface area contributed by atoms with Crippen LogP contribution in [0.15, 0.2) is 9.52 Å². The first-order valence-electron chi connectivity index (χ1n) is 9.77. The van der Waals surface area contributed by atoms with Gasteiger partial charge in [-0.2, -0.15) is 4.98 Å². The highest BCUT2D eigenvalue weighted by atomic mass is 16.5. The SMILES string of the molecule is CN=C(NCCc1nc(C(C)C)no1)N1CCN(C(=O)C2CCCO2)CC1. The van der Waals surface area contributed by atoms with Gasteiger partial charge in [0.2, 0.25) is 5.89 Å². The molecule has 150 valence electrons. The van der Waals surface area contributed by atoms with E-state index in [0.717, 1.165) is 37.7 Å². The highest BCUT2D eigenvalue weighted by Gasteiger charge is 2.30. The summed E-state index contributed by atoms with van der Waals surface area (Å²) in [5.41, 5.74) is 0. The highest BCUT2D eigenvalue weighted by molar-refractivity contribution is 5.82. The second-order valence-corrected chi connectivity index (χ2v) is 7.24. The van der Waals surface area contributed by atoms with Crippen molar-refractivity contribution >= 4 is 11.9 Å². The van der Waals surface area contributed by atoms with E-state index >= 15 is 0 Å². The van der Waals surface area contributed by atoms with E-state index < -0.39 is 0 Å². The Bertz CT molecular complexity index is 645. The minimum Gasteiger partial charge on any atom is -0.368 e. The second-order valence-electron chi connectivity index (χ2n) is 7.24. The summed E-state index contributed by atoms with van der Waals surface area (Å²) in [6, 6.07) is 0. The lowest BCUT2D eigenvalue weighted by Crippen LogP contribution is -2.55. The lowest BCUT2D eigenvalue weighted by molar-refractivity contribution is -0.142. The molecule has 1 N–H and O–H groups in total. The van der Waals surface area contributed by atoms with Crippen molar-refractivity contribution in [2.24, 2.45) is 4.99 Å². The van der Waals surface area contributed by atoms with E-state index in [9.17, 15) is 4.79 Å². The number of nitrogens with zero attached hydrogens (tertiary/aromatic N) is 5. The maximum Gasteiger partial charge on any atom is 0.251 e. The van der Waals surface area contributed by atoms with Crippen LogP contribution in [0.3, 0.4) is 0 Å². The van der Waals surface area contributed by atoms with E-state index in [1.807, 2.05) is 18.7 Å². The number of nitrogens with one attached hydrogen (secondary N) is 1. The van der Waals surface area contributed by atoms with Gasteiger partial charge in [-0.05, 0) is 12.8 Å². The molecule has 1 atom stereocenters. The molecule has 1 aromatic heterocycles. The quantitative estimate of drug-likeness (QED) is 0.593. The molecule has 0 radical (unpaired) electrons. The maximum absolute atomic E-state index is 12.4. The van der Waals surface area contributed by atoms with Crippen molar-refractivity contribution < 1.29 is 14.1 Å². The Balaban J connectivity index is 1.42. The number of rotatable bonds is 5. The molecule has 3 rings (SSSR count). The average Bonchev–Trinajstić information content (AvgIpc) is 3.37. The number of ether oxygens (including phenoxy) is 1. The van der Waals surface area contributed by atoms with E-state index in [-0.39, 0.29) is 17.9 Å². The molecule has 1 unspecified atom stereocenters. The van der Waals surface area contributed by atoms with Gasteiger partial charge in [-0.1, -0.05) is 19.0 Å². The summed E-state index contributed by atoms with van der Waals surface area (Å²) in [6.07, 6.45) is 2.23. The summed E-state index contributed by atoms with van der Waals surface area (Å²) in [6.45, 7) is 8.36. The molecular formula is C18H30N6O3. The number of hydrogen-bond donors (Lipinski definition) is 1. The van der Waals surface area contributed by atoms with Crippen LogP contribution in [0.5, 0.6) is 0 Å². The molecule has 0 spiro atoms. The fourth-order valence-electron chi connectivity index (χ4n) is 3.33. The molecule has 2 aliphatic rings. The zero-order valence-corrected chi connectivity index (χ0v) is 16.5. The molecule has 1 amide bonds. The molecular weight excluding hydrogens is 348 g/mol. The molecule has 0 bridgehead atoms. The predicted molar refractivity (Wildman–Crippen MR) is 101 cm³/mol. The van der Waals surface area contributed by atoms with Crippen LogP contribution in [0.2, 0.25) is 0 Å². The Morgan fingerprint density at radius 1 is 1.30 bits per heavy atom. The van der Waals surface area contributed by atoms with Gasteiger partial charge >= 0.3 is 0 Å². The van der Waals surface area contributed by atoms with Gasteiger partial charge in [-0.15, -0.1) is 0 Å². The number of amides is 1. The van der Waals surface area contributed by atoms with E-state index in [1.165, 1.54) is 0 Å². The smallest absolute Gasteiger partial charge is 0.251 e. The Morgan fingerprint density at radius 2 is 2.04 bits per heavy atom. The number of guanidine groups is 1. The molecule has 2 aliphatic heterocycles. The van der Waals surface area contributed by atoms with Crippen LogP contribution in [-0.4, -0.2) is 84.3 Å². The second kappa shape index (κ2) is 9.16. The highest BCUT2D eigenvalue weighted by Crippen LogP contribution is 2.16. The minimum atomic E-state index is -0.237. The van der Waals surface area contributed by atoms with Gasteiger partial charge in [0.15, 0.2) is 11.8 Å². The summed E-state index contributed by atoms with van der Waals surface area (Å²) in [7, 11) is 1.77. The zero-order valence-electron chi connectivity index (χ0n) is 16.5. The van der Waals surface area contributed by atoms with Gasteiger partial charge in [0.05, 0.1) is 0 Å². The minimum absolute atomic E-state index is 0.132. The molecule has 9 nitrogen and oxygen atoms in total. The van der Waals surface area contributed by atoms with Crippen molar-refractivity contribution in [1.82, 2.24) is 25.3 Å². The van der Waals surface area contributed by atoms with Crippen molar-refractivity contribution in [2.45, 2.75) is 45.1 Å². The van der Waals surface area contributed by atoms with Crippen LogP contribution < -0.4 is 5.32 Å². The third-order valence-corrected chi connectivity index (χ3v) is 4.93. The number of aromatic nitrogens is 2. The Morgan fingerprint density at radius 3 is 2.63 bits per heavy atom. The molecule has 3 heterocycles. The lowest BCUT2D eigenvalue weighted by atomic mass is 10.2. The maximum atomic E-state index is 12.4. The number of piperazine rings is 1. The van der Waals surface area contributed by atoms with Crippen molar-refractivity contribution in [3.8, 4) is 0 Å². The van der Waals surface area contributed by atoms with Crippen molar-refractivity contribution in [3.05, 3.63) is 11.7 Å². The first-order valence-corrected chi connectivity index (χ1v) is 9.77. The molecule has 27 heavy (non-hydrogen) atoms. The Labute approximate surface area is 160 Å². The molecule has 1 aromatic rings. The normalized spacial score (nSPS) is 21.2. The summed E-state index contributed by atoms with van der Waals surface area (Å²) in [4.78, 5) is 25.3. The topological polar surface area (TPSA) is 96.1 Å². The third-order valence-electron chi connectivity index (χ3n) is 4.93. The van der Waals surface area contributed by atoms with Gasteiger partial charge in [-0.25, -0.2) is 0 Å². The first kappa shape index (κ1) is 19.6. The molecule has 0 aromatic carbocycles. The fourth-order valence-corrected chi connectivity index (χ4v) is 3.33. The van der Waals surface area contributed by atoms with Crippen molar-refractivity contribution in [2.75, 3.05) is 46.4 Å². The van der Waals surface area contributed by atoms with Gasteiger partial charge in [-0.3, -0.25) is 9.79 Å². The van der Waals surface area contributed by atoms with Crippen LogP contribution in [-0.2, 0) is 16.0 Å². The number of hydrogen-bond acceptors (Lipinski definition) is 6. The van der Waals surface area contributed by atoms with Crippen molar-refractivity contribution in [3.63, 3.8) is 0 Å². The van der Waals surface area contributed by atoms with Gasteiger partial charge < -0.3 is 24.4 Å². The molecule has 0 saturated carbocycles. The molecule has 2 fully saturated rings. The molecule has 0 aliphatic carbocycles. The van der Waals surface area contributed by atoms with Crippen LogP contribution in [0.1, 0.15) is 44.3 Å². The fraction of sp³-hybridized carbons (Fsp3) is 0.778. The monoisotopic (exact) mass is 378 g/mol. The number of carbonyl (C=O) groups is 1. The zero-order chi connectivity index (χ0) is 19.2. The van der Waals surface area contributed by atoms with Crippen molar-refractivity contribution in [1.29, 1.82) is 0 Å². The van der Waals surface area contributed by atoms with Gasteiger partial charge in [0.25, 0.3) is 5.91 Å². The van der Waals surface area contributed by atoms with Crippen LogP contribution >= 0.6 is 0 Å². The largest absolute Gasteiger partial charge is 0.368 e. The average molecular weight is 378 g/mol. The Hall–Kier alpha value is -2.16. The third kappa shape index (κ3) is 4.97. The van der Waals surface area contributed by atoms with E-state index in [0.29, 0.717) is 38.6 Å². The van der Waals surface area contributed by atoms with Crippen LogP contribution in [0.25, 0.3) is 0 Å². The van der Waals surface area contributed by atoms with Crippen LogP contribution in [0, 0.1) is 0 Å². The summed E-state index contributed by atoms with van der Waals surface area (Å²) in [5, 5.41) is 7.32. The predicted octanol–water partition coefficient (Wildman–Crippen LogP) is 0.634.